The number of carbonyl (C=O) groups is 2. The lowest BCUT2D eigenvalue weighted by Gasteiger charge is -2.13. The smallest absolute Gasteiger partial charge is 0.338 e. The molecule has 1 atom stereocenters. The molecular weight excluding hydrogens is 324 g/mol. The highest BCUT2D eigenvalue weighted by Gasteiger charge is 2.14. The van der Waals surface area contributed by atoms with Crippen LogP contribution in [0.15, 0.2) is 54.6 Å². The van der Waals surface area contributed by atoms with E-state index >= 15 is 0 Å². The molecule has 0 bridgehead atoms. The van der Waals surface area contributed by atoms with Crippen molar-refractivity contribution in [3.8, 4) is 0 Å². The quantitative estimate of drug-likeness (QED) is 0.474. The molecule has 1 N–H and O–H groups in total. The van der Waals surface area contributed by atoms with Crippen LogP contribution in [0.4, 0.5) is 5.69 Å². The lowest BCUT2D eigenvalue weighted by atomic mass is 10.0. The maximum absolute atomic E-state index is 11.9. The topological polar surface area (TPSA) is 98.5 Å². The molecule has 0 aliphatic carbocycles. The minimum absolute atomic E-state index is 0.0275. The van der Waals surface area contributed by atoms with Crippen molar-refractivity contribution in [3.05, 3.63) is 75.8 Å². The molecule has 0 saturated heterocycles. The maximum atomic E-state index is 11.9. The van der Waals surface area contributed by atoms with E-state index in [1.807, 2.05) is 37.3 Å². The number of amides is 1. The van der Waals surface area contributed by atoms with Gasteiger partial charge in [-0.25, -0.2) is 4.79 Å². The van der Waals surface area contributed by atoms with Crippen LogP contribution in [0, 0.1) is 10.1 Å². The summed E-state index contributed by atoms with van der Waals surface area (Å²) in [7, 11) is 0. The lowest BCUT2D eigenvalue weighted by molar-refractivity contribution is -0.384. The zero-order valence-electron chi connectivity index (χ0n) is 13.7. The van der Waals surface area contributed by atoms with Gasteiger partial charge in [-0.05, 0) is 17.5 Å². The monoisotopic (exact) mass is 342 g/mol. The Hall–Kier alpha value is -3.22. The molecule has 0 fully saturated rings. The molecule has 130 valence electrons. The first-order valence-corrected chi connectivity index (χ1v) is 7.70. The summed E-state index contributed by atoms with van der Waals surface area (Å²) >= 11 is 0. The summed E-state index contributed by atoms with van der Waals surface area (Å²) in [5, 5.41) is 13.4. The lowest BCUT2D eigenvalue weighted by Crippen LogP contribution is -2.31. The van der Waals surface area contributed by atoms with Crippen LogP contribution < -0.4 is 5.32 Å². The molecule has 25 heavy (non-hydrogen) atoms. The number of hydrogen-bond acceptors (Lipinski definition) is 5. The third kappa shape index (κ3) is 5.42. The summed E-state index contributed by atoms with van der Waals surface area (Å²) in [5.41, 5.74) is 0.909. The Morgan fingerprint density at radius 1 is 1.16 bits per heavy atom. The van der Waals surface area contributed by atoms with E-state index in [2.05, 4.69) is 5.32 Å². The van der Waals surface area contributed by atoms with E-state index in [4.69, 9.17) is 4.74 Å². The molecule has 0 aliphatic rings. The number of hydrogen-bond donors (Lipinski definition) is 1. The van der Waals surface area contributed by atoms with Crippen LogP contribution in [-0.4, -0.2) is 30.0 Å². The summed E-state index contributed by atoms with van der Waals surface area (Å²) < 4.78 is 4.89. The summed E-state index contributed by atoms with van der Waals surface area (Å²) in [6, 6.07) is 14.9. The second kappa shape index (κ2) is 8.58. The Balaban J connectivity index is 1.80. The van der Waals surface area contributed by atoms with Crippen LogP contribution >= 0.6 is 0 Å². The molecule has 0 saturated carbocycles. The molecular formula is C18H18N2O5. The molecule has 7 heteroatoms. The van der Waals surface area contributed by atoms with Crippen LogP contribution in [0.5, 0.6) is 0 Å². The second-order valence-electron chi connectivity index (χ2n) is 5.50. The van der Waals surface area contributed by atoms with E-state index in [1.165, 1.54) is 18.2 Å². The molecule has 2 rings (SSSR count). The maximum Gasteiger partial charge on any atom is 0.338 e. The number of carbonyl (C=O) groups excluding carboxylic acids is 2. The van der Waals surface area contributed by atoms with Gasteiger partial charge in [-0.2, -0.15) is 0 Å². The average molecular weight is 342 g/mol. The van der Waals surface area contributed by atoms with E-state index in [9.17, 15) is 19.7 Å². The zero-order chi connectivity index (χ0) is 18.2. The Morgan fingerprint density at radius 3 is 2.56 bits per heavy atom. The molecule has 0 aliphatic heterocycles. The zero-order valence-corrected chi connectivity index (χ0v) is 13.7. The standard InChI is InChI=1S/C18H18N2O5/c1-13(14-6-3-2-4-7-14)11-19-17(21)12-25-18(22)15-8-5-9-16(10-15)20(23)24/h2-10,13H,11-12H2,1H3,(H,19,21)/t13-/m0/s1. The predicted octanol–water partition coefficient (Wildman–Crippen LogP) is 2.67. The van der Waals surface area contributed by atoms with E-state index in [0.717, 1.165) is 11.6 Å². The molecule has 1 amide bonds. The van der Waals surface area contributed by atoms with Crippen molar-refractivity contribution in [2.75, 3.05) is 13.2 Å². The number of nitro benzene ring substituents is 1. The van der Waals surface area contributed by atoms with Crippen molar-refractivity contribution in [2.24, 2.45) is 0 Å². The van der Waals surface area contributed by atoms with Gasteiger partial charge in [0, 0.05) is 18.7 Å². The first-order valence-electron chi connectivity index (χ1n) is 7.70. The van der Waals surface area contributed by atoms with Gasteiger partial charge >= 0.3 is 5.97 Å². The van der Waals surface area contributed by atoms with Gasteiger partial charge < -0.3 is 10.1 Å². The molecule has 2 aromatic rings. The molecule has 0 aromatic heterocycles. The Labute approximate surface area is 144 Å². The second-order valence-corrected chi connectivity index (χ2v) is 5.50. The van der Waals surface area contributed by atoms with Crippen molar-refractivity contribution in [1.82, 2.24) is 5.32 Å². The number of nitrogens with one attached hydrogen (secondary N) is 1. The Kier molecular flexibility index (Phi) is 6.22. The average Bonchev–Trinajstić information content (AvgIpc) is 2.64. The van der Waals surface area contributed by atoms with Crippen LogP contribution in [-0.2, 0) is 9.53 Å². The van der Waals surface area contributed by atoms with Gasteiger partial charge in [-0.15, -0.1) is 0 Å². The third-order valence-electron chi connectivity index (χ3n) is 3.60. The van der Waals surface area contributed by atoms with E-state index in [-0.39, 0.29) is 17.2 Å². The highest BCUT2D eigenvalue weighted by Crippen LogP contribution is 2.14. The highest BCUT2D eigenvalue weighted by molar-refractivity contribution is 5.91. The van der Waals surface area contributed by atoms with Gasteiger partial charge in [-0.3, -0.25) is 14.9 Å². The minimum atomic E-state index is -0.782. The van der Waals surface area contributed by atoms with Crippen molar-refractivity contribution in [1.29, 1.82) is 0 Å². The van der Waals surface area contributed by atoms with Crippen LogP contribution in [0.1, 0.15) is 28.8 Å². The SMILES string of the molecule is C[C@@H](CNC(=O)COC(=O)c1cccc([N+](=O)[O-])c1)c1ccccc1. The first-order chi connectivity index (χ1) is 12.0. The van der Waals surface area contributed by atoms with Crippen LogP contribution in [0.2, 0.25) is 0 Å². The van der Waals surface area contributed by atoms with E-state index in [1.54, 1.807) is 0 Å². The number of esters is 1. The fourth-order valence-corrected chi connectivity index (χ4v) is 2.18. The van der Waals surface area contributed by atoms with Crippen LogP contribution in [0.3, 0.4) is 0 Å². The number of ether oxygens (including phenoxy) is 1. The molecule has 0 unspecified atom stereocenters. The van der Waals surface area contributed by atoms with Gasteiger partial charge in [0.15, 0.2) is 6.61 Å². The fraction of sp³-hybridized carbons (Fsp3) is 0.222. The number of nitrogens with zero attached hydrogens (tertiary/aromatic N) is 1. The number of non-ortho nitro benzene ring substituents is 1. The Bertz CT molecular complexity index is 761. The highest BCUT2D eigenvalue weighted by atomic mass is 16.6. The number of rotatable bonds is 7. The predicted molar refractivity (Wildman–Crippen MR) is 91.2 cm³/mol. The molecule has 0 heterocycles. The Morgan fingerprint density at radius 2 is 1.88 bits per heavy atom. The van der Waals surface area contributed by atoms with E-state index in [0.29, 0.717) is 6.54 Å². The first kappa shape index (κ1) is 18.1. The normalized spacial score (nSPS) is 11.4. The van der Waals surface area contributed by atoms with Crippen molar-refractivity contribution in [3.63, 3.8) is 0 Å². The van der Waals surface area contributed by atoms with Crippen LogP contribution in [0.25, 0.3) is 0 Å². The number of nitro groups is 1. The van der Waals surface area contributed by atoms with Gasteiger partial charge in [0.25, 0.3) is 11.6 Å². The summed E-state index contributed by atoms with van der Waals surface area (Å²) in [4.78, 5) is 33.7. The largest absolute Gasteiger partial charge is 0.452 e. The van der Waals surface area contributed by atoms with Gasteiger partial charge in [0.05, 0.1) is 10.5 Å². The summed E-state index contributed by atoms with van der Waals surface area (Å²) in [6.07, 6.45) is 0. The molecule has 2 aromatic carbocycles. The molecule has 7 nitrogen and oxygen atoms in total. The molecule has 0 spiro atoms. The van der Waals surface area contributed by atoms with Gasteiger partial charge in [0.1, 0.15) is 0 Å². The van der Waals surface area contributed by atoms with Crippen molar-refractivity contribution in [2.45, 2.75) is 12.8 Å². The summed E-state index contributed by atoms with van der Waals surface area (Å²) in [6.45, 7) is 1.95. The minimum Gasteiger partial charge on any atom is -0.452 e. The van der Waals surface area contributed by atoms with E-state index < -0.39 is 23.4 Å². The third-order valence-corrected chi connectivity index (χ3v) is 3.60. The van der Waals surface area contributed by atoms with Gasteiger partial charge in [-0.1, -0.05) is 43.3 Å². The fourth-order valence-electron chi connectivity index (χ4n) is 2.18. The van der Waals surface area contributed by atoms with Crippen molar-refractivity contribution < 1.29 is 19.2 Å². The molecule has 0 radical (unpaired) electrons. The van der Waals surface area contributed by atoms with Crippen molar-refractivity contribution >= 4 is 17.6 Å². The number of benzene rings is 2. The van der Waals surface area contributed by atoms with Gasteiger partial charge in [0.2, 0.25) is 0 Å². The summed E-state index contributed by atoms with van der Waals surface area (Å²) in [5.74, 6) is -1.09.